The average molecular weight is 276 g/mol. The highest BCUT2D eigenvalue weighted by molar-refractivity contribution is 5.83. The van der Waals surface area contributed by atoms with Gasteiger partial charge in [-0.15, -0.1) is 0 Å². The van der Waals surface area contributed by atoms with Gasteiger partial charge < -0.3 is 9.84 Å². The van der Waals surface area contributed by atoms with Crippen LogP contribution in [0.5, 0.6) is 5.75 Å². The standard InChI is InChI=1S/C19H16O2/c20-17-12-19(21-18-8-4-3-7-16(17)18)15-10-9-13-5-1-2-6-14(13)11-15/h1-11,17,19-20H,12H2/t17-,19-/m1/s1. The van der Waals surface area contributed by atoms with Gasteiger partial charge in [0.1, 0.15) is 11.9 Å². The molecule has 0 saturated carbocycles. The van der Waals surface area contributed by atoms with Gasteiger partial charge in [-0.05, 0) is 28.5 Å². The third-order valence-corrected chi connectivity index (χ3v) is 4.13. The first-order valence-electron chi connectivity index (χ1n) is 7.23. The van der Waals surface area contributed by atoms with Gasteiger partial charge >= 0.3 is 0 Å². The number of benzene rings is 3. The summed E-state index contributed by atoms with van der Waals surface area (Å²) in [6.07, 6.45) is 0.0287. The van der Waals surface area contributed by atoms with E-state index in [0.717, 1.165) is 16.9 Å². The molecule has 1 aliphatic heterocycles. The zero-order valence-electron chi connectivity index (χ0n) is 11.6. The van der Waals surface area contributed by atoms with E-state index < -0.39 is 6.10 Å². The van der Waals surface area contributed by atoms with Crippen molar-refractivity contribution in [2.24, 2.45) is 0 Å². The fourth-order valence-electron chi connectivity index (χ4n) is 3.01. The van der Waals surface area contributed by atoms with Crippen molar-refractivity contribution < 1.29 is 9.84 Å². The summed E-state index contributed by atoms with van der Waals surface area (Å²) in [4.78, 5) is 0. The fourth-order valence-corrected chi connectivity index (χ4v) is 3.01. The quantitative estimate of drug-likeness (QED) is 0.714. The van der Waals surface area contributed by atoms with Crippen LogP contribution in [0.4, 0.5) is 0 Å². The van der Waals surface area contributed by atoms with Crippen LogP contribution in [0, 0.1) is 0 Å². The van der Waals surface area contributed by atoms with Gasteiger partial charge in [-0.25, -0.2) is 0 Å². The van der Waals surface area contributed by atoms with E-state index in [1.54, 1.807) is 0 Å². The Morgan fingerprint density at radius 1 is 0.857 bits per heavy atom. The normalized spacial score (nSPS) is 20.8. The summed E-state index contributed by atoms with van der Waals surface area (Å²) in [6, 6.07) is 22.4. The van der Waals surface area contributed by atoms with Crippen LogP contribution >= 0.6 is 0 Å². The van der Waals surface area contributed by atoms with Crippen molar-refractivity contribution in [1.29, 1.82) is 0 Å². The van der Waals surface area contributed by atoms with Crippen molar-refractivity contribution in [2.75, 3.05) is 0 Å². The Labute approximate surface area is 123 Å². The topological polar surface area (TPSA) is 29.5 Å². The summed E-state index contributed by atoms with van der Waals surface area (Å²) in [7, 11) is 0. The minimum Gasteiger partial charge on any atom is -0.485 e. The monoisotopic (exact) mass is 276 g/mol. The van der Waals surface area contributed by atoms with Crippen molar-refractivity contribution in [1.82, 2.24) is 0 Å². The molecule has 3 aromatic rings. The number of hydrogen-bond donors (Lipinski definition) is 1. The first kappa shape index (κ1) is 12.4. The second-order valence-corrected chi connectivity index (χ2v) is 5.50. The molecule has 0 aromatic heterocycles. The molecule has 4 rings (SSSR count). The summed E-state index contributed by atoms with van der Waals surface area (Å²) < 4.78 is 6.08. The van der Waals surface area contributed by atoms with E-state index in [1.165, 1.54) is 10.8 Å². The molecule has 0 saturated heterocycles. The van der Waals surface area contributed by atoms with E-state index in [1.807, 2.05) is 36.4 Å². The Kier molecular flexibility index (Phi) is 2.90. The second-order valence-electron chi connectivity index (χ2n) is 5.50. The Bertz CT molecular complexity index is 794. The van der Waals surface area contributed by atoms with Gasteiger partial charge in [0, 0.05) is 12.0 Å². The SMILES string of the molecule is O[C@@H]1C[C@H](c2ccc3ccccc3c2)Oc2ccccc21. The molecule has 0 spiro atoms. The van der Waals surface area contributed by atoms with E-state index in [4.69, 9.17) is 4.74 Å². The van der Waals surface area contributed by atoms with Crippen molar-refractivity contribution in [3.05, 3.63) is 77.9 Å². The molecular weight excluding hydrogens is 260 g/mol. The molecule has 1 N–H and O–H groups in total. The highest BCUT2D eigenvalue weighted by atomic mass is 16.5. The van der Waals surface area contributed by atoms with E-state index in [0.29, 0.717) is 6.42 Å². The maximum absolute atomic E-state index is 10.3. The van der Waals surface area contributed by atoms with Gasteiger partial charge in [-0.2, -0.15) is 0 Å². The molecule has 21 heavy (non-hydrogen) atoms. The maximum atomic E-state index is 10.3. The predicted molar refractivity (Wildman–Crippen MR) is 83.3 cm³/mol. The molecular formula is C19H16O2. The molecule has 104 valence electrons. The van der Waals surface area contributed by atoms with E-state index in [2.05, 4.69) is 30.3 Å². The van der Waals surface area contributed by atoms with Crippen LogP contribution in [0.1, 0.15) is 29.8 Å². The first-order valence-corrected chi connectivity index (χ1v) is 7.23. The van der Waals surface area contributed by atoms with E-state index in [9.17, 15) is 5.11 Å². The zero-order chi connectivity index (χ0) is 14.2. The number of hydrogen-bond acceptors (Lipinski definition) is 2. The third-order valence-electron chi connectivity index (χ3n) is 4.13. The molecule has 0 amide bonds. The van der Waals surface area contributed by atoms with E-state index in [-0.39, 0.29) is 6.10 Å². The number of ether oxygens (including phenoxy) is 1. The van der Waals surface area contributed by atoms with Crippen molar-refractivity contribution in [2.45, 2.75) is 18.6 Å². The minimum absolute atomic E-state index is 0.0977. The van der Waals surface area contributed by atoms with Crippen LogP contribution in [0.25, 0.3) is 10.8 Å². The van der Waals surface area contributed by atoms with Gasteiger partial charge in [0.25, 0.3) is 0 Å². The van der Waals surface area contributed by atoms with Crippen LogP contribution in [0.15, 0.2) is 66.7 Å². The van der Waals surface area contributed by atoms with Crippen LogP contribution in [0.2, 0.25) is 0 Å². The summed E-state index contributed by atoms with van der Waals surface area (Å²) in [6.45, 7) is 0. The lowest BCUT2D eigenvalue weighted by molar-refractivity contribution is 0.0658. The molecule has 2 atom stereocenters. The number of aliphatic hydroxyl groups excluding tert-OH is 1. The Morgan fingerprint density at radius 2 is 1.62 bits per heavy atom. The highest BCUT2D eigenvalue weighted by Crippen LogP contribution is 2.40. The van der Waals surface area contributed by atoms with Gasteiger partial charge in [-0.1, -0.05) is 54.6 Å². The smallest absolute Gasteiger partial charge is 0.127 e. The molecule has 3 aromatic carbocycles. The average Bonchev–Trinajstić information content (AvgIpc) is 2.54. The number of aliphatic hydroxyl groups is 1. The Hall–Kier alpha value is -2.32. The maximum Gasteiger partial charge on any atom is 0.127 e. The van der Waals surface area contributed by atoms with Gasteiger partial charge in [0.15, 0.2) is 0 Å². The number of fused-ring (bicyclic) bond motifs is 2. The third kappa shape index (κ3) is 2.18. The summed E-state index contributed by atoms with van der Waals surface area (Å²) in [5, 5.41) is 12.7. The summed E-state index contributed by atoms with van der Waals surface area (Å²) in [5.74, 6) is 0.786. The largest absolute Gasteiger partial charge is 0.485 e. The zero-order valence-corrected chi connectivity index (χ0v) is 11.6. The van der Waals surface area contributed by atoms with Gasteiger partial charge in [0.2, 0.25) is 0 Å². The molecule has 2 nitrogen and oxygen atoms in total. The molecule has 0 aliphatic carbocycles. The lowest BCUT2D eigenvalue weighted by Crippen LogP contribution is -2.18. The summed E-state index contributed by atoms with van der Waals surface area (Å²) >= 11 is 0. The van der Waals surface area contributed by atoms with Crippen LogP contribution in [-0.2, 0) is 0 Å². The molecule has 2 heteroatoms. The lowest BCUT2D eigenvalue weighted by Gasteiger charge is -2.30. The van der Waals surface area contributed by atoms with Crippen molar-refractivity contribution in [3.63, 3.8) is 0 Å². The molecule has 0 fully saturated rings. The Morgan fingerprint density at radius 3 is 2.52 bits per heavy atom. The van der Waals surface area contributed by atoms with Gasteiger partial charge in [0.05, 0.1) is 6.10 Å². The molecule has 0 radical (unpaired) electrons. The first-order chi connectivity index (χ1) is 10.3. The number of rotatable bonds is 1. The molecule has 0 unspecified atom stereocenters. The minimum atomic E-state index is -0.466. The molecule has 1 aliphatic rings. The van der Waals surface area contributed by atoms with Crippen LogP contribution in [-0.4, -0.2) is 5.11 Å². The second kappa shape index (κ2) is 4.90. The fraction of sp³-hybridized carbons (Fsp3) is 0.158. The highest BCUT2D eigenvalue weighted by Gasteiger charge is 2.27. The molecule has 1 heterocycles. The number of para-hydroxylation sites is 1. The van der Waals surface area contributed by atoms with Crippen molar-refractivity contribution in [3.8, 4) is 5.75 Å². The van der Waals surface area contributed by atoms with Crippen LogP contribution < -0.4 is 4.74 Å². The predicted octanol–water partition coefficient (Wildman–Crippen LogP) is 4.40. The van der Waals surface area contributed by atoms with Crippen LogP contribution in [0.3, 0.4) is 0 Å². The Balaban J connectivity index is 1.73. The van der Waals surface area contributed by atoms with E-state index >= 15 is 0 Å². The molecule has 0 bridgehead atoms. The van der Waals surface area contributed by atoms with Crippen molar-refractivity contribution >= 4 is 10.8 Å². The van der Waals surface area contributed by atoms with Gasteiger partial charge in [-0.3, -0.25) is 0 Å². The lowest BCUT2D eigenvalue weighted by atomic mass is 9.94. The summed E-state index contributed by atoms with van der Waals surface area (Å²) in [5.41, 5.74) is 2.00.